The molecule has 0 aromatic rings. The second kappa shape index (κ2) is 12.5. The van der Waals surface area contributed by atoms with Gasteiger partial charge in [-0.2, -0.15) is 0 Å². The van der Waals surface area contributed by atoms with Crippen LogP contribution in [0, 0.1) is 10.8 Å². The van der Waals surface area contributed by atoms with Crippen LogP contribution in [-0.4, -0.2) is 6.29 Å². The third-order valence-corrected chi connectivity index (χ3v) is 8.44. The summed E-state index contributed by atoms with van der Waals surface area (Å²) in [6, 6.07) is 0. The molecule has 1 unspecified atom stereocenters. The van der Waals surface area contributed by atoms with E-state index in [0.29, 0.717) is 11.8 Å². The largest absolute Gasteiger partial charge is 0.303 e. The van der Waals surface area contributed by atoms with Crippen LogP contribution in [0.5, 0.6) is 0 Å². The minimum absolute atomic E-state index is 0.273. The molecule has 1 nitrogen and oxygen atoms in total. The molecule has 0 aromatic heterocycles. The van der Waals surface area contributed by atoms with E-state index in [1.807, 2.05) is 0 Å². The van der Waals surface area contributed by atoms with Crippen molar-refractivity contribution in [3.63, 3.8) is 0 Å². The Morgan fingerprint density at radius 2 is 1.79 bits per heavy atom. The number of aldehydes is 1. The summed E-state index contributed by atoms with van der Waals surface area (Å²) >= 11 is 0. The van der Waals surface area contributed by atoms with Crippen molar-refractivity contribution >= 4 is 6.29 Å². The van der Waals surface area contributed by atoms with E-state index in [1.165, 1.54) is 72.0 Å². The maximum absolute atomic E-state index is 10.5. The van der Waals surface area contributed by atoms with Gasteiger partial charge in [0.2, 0.25) is 0 Å². The van der Waals surface area contributed by atoms with Gasteiger partial charge in [0.25, 0.3) is 0 Å². The number of rotatable bonds is 13. The van der Waals surface area contributed by atoms with Crippen LogP contribution in [-0.2, 0) is 4.79 Å². The number of carbonyl (C=O) groups excluding carboxylic acids is 1. The summed E-state index contributed by atoms with van der Waals surface area (Å²) in [4.78, 5) is 10.5. The highest BCUT2D eigenvalue weighted by Crippen LogP contribution is 2.63. The van der Waals surface area contributed by atoms with Crippen molar-refractivity contribution in [2.24, 2.45) is 10.8 Å². The molecule has 2 aliphatic carbocycles. The minimum atomic E-state index is 0.273. The van der Waals surface area contributed by atoms with Gasteiger partial charge in [-0.3, -0.25) is 0 Å². The highest BCUT2D eigenvalue weighted by molar-refractivity contribution is 5.49. The Kier molecular flexibility index (Phi) is 10.4. The summed E-state index contributed by atoms with van der Waals surface area (Å²) in [5.74, 6) is 0. The molecule has 0 radical (unpaired) electrons. The summed E-state index contributed by atoms with van der Waals surface area (Å²) in [5.41, 5.74) is 8.72. The monoisotopic (exact) mass is 448 g/mol. The fourth-order valence-corrected chi connectivity index (χ4v) is 5.97. The molecule has 0 amide bonds. The molecule has 0 aromatic carbocycles. The molecule has 2 atom stereocenters. The lowest BCUT2D eigenvalue weighted by Crippen LogP contribution is -2.37. The van der Waals surface area contributed by atoms with E-state index in [9.17, 15) is 4.79 Å². The van der Waals surface area contributed by atoms with E-state index in [2.05, 4.69) is 72.1 Å². The lowest BCUT2D eigenvalue weighted by molar-refractivity contribution is -0.107. The van der Waals surface area contributed by atoms with E-state index < -0.39 is 0 Å². The van der Waals surface area contributed by atoms with E-state index in [-0.39, 0.29) is 5.41 Å². The molecule has 2 rings (SSSR count). The fraction of sp³-hybridized carbons (Fsp3) is 0.594. The molecule has 1 saturated carbocycles. The SMILES string of the molecule is C=C(C)C1=C[C@@]2(C)CCCC2(CC/C(C)=C/C=C(CCCCCCC=O)\C(C)=C\C)CC1=C. The number of hydrogen-bond donors (Lipinski definition) is 0. The molecule has 1 fully saturated rings. The molecule has 33 heavy (non-hydrogen) atoms. The Labute approximate surface area is 204 Å². The molecule has 0 N–H and O–H groups in total. The van der Waals surface area contributed by atoms with Gasteiger partial charge in [-0.1, -0.05) is 80.4 Å². The van der Waals surface area contributed by atoms with Crippen molar-refractivity contribution in [1.29, 1.82) is 0 Å². The minimum Gasteiger partial charge on any atom is -0.303 e. The second-order valence-electron chi connectivity index (χ2n) is 11.0. The highest BCUT2D eigenvalue weighted by atomic mass is 16.1. The maximum atomic E-state index is 10.5. The molecule has 0 saturated heterocycles. The average molecular weight is 449 g/mol. The first kappa shape index (κ1) is 27.4. The summed E-state index contributed by atoms with van der Waals surface area (Å²) in [6.45, 7) is 19.9. The van der Waals surface area contributed by atoms with Crippen LogP contribution in [0.15, 0.2) is 70.9 Å². The first-order chi connectivity index (χ1) is 15.7. The first-order valence-corrected chi connectivity index (χ1v) is 13.2. The number of allylic oxidation sites excluding steroid dienone is 10. The average Bonchev–Trinajstić information content (AvgIpc) is 3.11. The van der Waals surface area contributed by atoms with E-state index in [0.717, 1.165) is 38.4 Å². The Bertz CT molecular complexity index is 846. The van der Waals surface area contributed by atoms with Gasteiger partial charge < -0.3 is 4.79 Å². The van der Waals surface area contributed by atoms with Gasteiger partial charge in [-0.25, -0.2) is 0 Å². The van der Waals surface area contributed by atoms with Crippen molar-refractivity contribution in [3.05, 3.63) is 70.9 Å². The van der Waals surface area contributed by atoms with Crippen molar-refractivity contribution in [3.8, 4) is 0 Å². The molecular weight excluding hydrogens is 400 g/mol. The van der Waals surface area contributed by atoms with Gasteiger partial charge in [-0.05, 0) is 107 Å². The molecule has 0 bridgehead atoms. The summed E-state index contributed by atoms with van der Waals surface area (Å²) in [5, 5.41) is 0. The van der Waals surface area contributed by atoms with Gasteiger partial charge in [0.1, 0.15) is 6.29 Å². The molecular formula is C32H48O. The quantitative estimate of drug-likeness (QED) is 0.156. The standard InChI is InChI=1S/C32H48O/c1-8-27(5)29(15-12-10-9-11-13-22-33)17-16-26(4)18-21-32-20-14-19-31(32,7)24-30(25(2)3)28(6)23-32/h8,16-17,22,24H,2,6,9-15,18-21,23H2,1,3-5,7H3/b26-16+,27-8+,29-17-/t31-,32?/m1/s1. The highest BCUT2D eigenvalue weighted by Gasteiger charge is 2.52. The lowest BCUT2D eigenvalue weighted by atomic mass is 9.57. The Balaban J connectivity index is 2.05. The van der Waals surface area contributed by atoms with Crippen LogP contribution >= 0.6 is 0 Å². The van der Waals surface area contributed by atoms with Crippen LogP contribution in [0.2, 0.25) is 0 Å². The molecule has 2 aliphatic rings. The Morgan fingerprint density at radius 3 is 2.45 bits per heavy atom. The maximum Gasteiger partial charge on any atom is 0.119 e. The van der Waals surface area contributed by atoms with Gasteiger partial charge in [-0.15, -0.1) is 0 Å². The van der Waals surface area contributed by atoms with Crippen molar-refractivity contribution in [2.75, 3.05) is 0 Å². The van der Waals surface area contributed by atoms with Crippen LogP contribution in [0.3, 0.4) is 0 Å². The molecule has 0 aliphatic heterocycles. The van der Waals surface area contributed by atoms with Crippen molar-refractivity contribution in [1.82, 2.24) is 0 Å². The van der Waals surface area contributed by atoms with Crippen molar-refractivity contribution in [2.45, 2.75) is 112 Å². The zero-order valence-electron chi connectivity index (χ0n) is 22.2. The van der Waals surface area contributed by atoms with E-state index >= 15 is 0 Å². The number of fused-ring (bicyclic) bond motifs is 1. The van der Waals surface area contributed by atoms with Crippen LogP contribution < -0.4 is 0 Å². The van der Waals surface area contributed by atoms with Crippen molar-refractivity contribution < 1.29 is 4.79 Å². The Hall–Kier alpha value is -1.89. The molecule has 182 valence electrons. The van der Waals surface area contributed by atoms with Gasteiger partial charge in [0, 0.05) is 6.42 Å². The normalized spacial score (nSPS) is 26.3. The third-order valence-electron chi connectivity index (χ3n) is 8.44. The van der Waals surface area contributed by atoms with Crippen LogP contribution in [0.4, 0.5) is 0 Å². The molecule has 1 heteroatoms. The smallest absolute Gasteiger partial charge is 0.119 e. The van der Waals surface area contributed by atoms with Crippen LogP contribution in [0.25, 0.3) is 0 Å². The van der Waals surface area contributed by atoms with E-state index in [1.54, 1.807) is 0 Å². The predicted octanol–water partition coefficient (Wildman–Crippen LogP) is 9.78. The third kappa shape index (κ3) is 7.05. The van der Waals surface area contributed by atoms with E-state index in [4.69, 9.17) is 0 Å². The Morgan fingerprint density at radius 1 is 1.06 bits per heavy atom. The number of unbranched alkanes of at least 4 members (excludes halogenated alkanes) is 4. The lowest BCUT2D eigenvalue weighted by Gasteiger charge is -2.47. The zero-order chi connectivity index (χ0) is 24.5. The summed E-state index contributed by atoms with van der Waals surface area (Å²) < 4.78 is 0. The zero-order valence-corrected chi connectivity index (χ0v) is 22.2. The van der Waals surface area contributed by atoms with Gasteiger partial charge >= 0.3 is 0 Å². The number of carbonyl (C=O) groups is 1. The van der Waals surface area contributed by atoms with Gasteiger partial charge in [0.15, 0.2) is 0 Å². The predicted molar refractivity (Wildman–Crippen MR) is 145 cm³/mol. The van der Waals surface area contributed by atoms with Crippen LogP contribution in [0.1, 0.15) is 112 Å². The molecule has 0 spiro atoms. The van der Waals surface area contributed by atoms with Gasteiger partial charge in [0.05, 0.1) is 0 Å². The summed E-state index contributed by atoms with van der Waals surface area (Å²) in [6.07, 6.45) is 24.4. The molecule has 0 heterocycles. The fourth-order valence-electron chi connectivity index (χ4n) is 5.97. The second-order valence-corrected chi connectivity index (χ2v) is 11.0. The summed E-state index contributed by atoms with van der Waals surface area (Å²) in [7, 11) is 0. The first-order valence-electron chi connectivity index (χ1n) is 13.2. The number of hydrogen-bond acceptors (Lipinski definition) is 1. The topological polar surface area (TPSA) is 17.1 Å².